The Balaban J connectivity index is 2.01. The lowest BCUT2D eigenvalue weighted by atomic mass is 10.2. The second-order valence-corrected chi connectivity index (χ2v) is 8.51. The number of ether oxygens (including phenoxy) is 2. The quantitative estimate of drug-likeness (QED) is 0.583. The minimum absolute atomic E-state index is 0.0800. The van der Waals surface area contributed by atoms with Gasteiger partial charge in [0.15, 0.2) is 11.5 Å². The summed E-state index contributed by atoms with van der Waals surface area (Å²) in [6.07, 6.45) is 2.90. The zero-order chi connectivity index (χ0) is 21.6. The first-order valence-electron chi connectivity index (χ1n) is 9.01. The van der Waals surface area contributed by atoms with Gasteiger partial charge in [0.1, 0.15) is 0 Å². The zero-order valence-electron chi connectivity index (χ0n) is 16.5. The first-order chi connectivity index (χ1) is 13.6. The molecular weight excluding hydrogens is 408 g/mol. The topological polar surface area (TPSA) is 79.4 Å². The van der Waals surface area contributed by atoms with Crippen LogP contribution in [0.5, 0.6) is 11.5 Å². The van der Waals surface area contributed by atoms with Crippen LogP contribution in [0, 0.1) is 0 Å². The molecule has 0 atom stereocenters. The minimum Gasteiger partial charge on any atom is -0.490 e. The van der Waals surface area contributed by atoms with Crippen LogP contribution in [-0.4, -0.2) is 81.3 Å². The number of rotatable bonds is 8. The molecule has 1 aromatic carbocycles. The fraction of sp³-hybridized carbons (Fsp3) is 0.500. The fourth-order valence-electron chi connectivity index (χ4n) is 2.73. The summed E-state index contributed by atoms with van der Waals surface area (Å²) in [4.78, 5) is 13.9. The van der Waals surface area contributed by atoms with Crippen LogP contribution < -0.4 is 9.47 Å². The second kappa shape index (κ2) is 9.99. The number of piperazine rings is 1. The van der Waals surface area contributed by atoms with Gasteiger partial charge in [0.05, 0.1) is 6.61 Å². The number of benzene rings is 1. The lowest BCUT2D eigenvalue weighted by Crippen LogP contribution is -2.52. The Morgan fingerprint density at radius 1 is 1.21 bits per heavy atom. The van der Waals surface area contributed by atoms with E-state index in [0.29, 0.717) is 5.56 Å². The van der Waals surface area contributed by atoms with Crippen LogP contribution >= 0.6 is 0 Å². The standard InChI is InChI=1S/C18H25F2N3O5S/c1-4-27-16-13-14(5-7-15(16)28-18(19)20)6-8-17(24)22-9-11-23(12-10-22)29(25,26)21(2)3/h5-8,13,18H,4,9-12H2,1-3H3. The van der Waals surface area contributed by atoms with Crippen molar-refractivity contribution in [1.82, 2.24) is 13.5 Å². The first-order valence-corrected chi connectivity index (χ1v) is 10.4. The molecule has 1 saturated heterocycles. The van der Waals surface area contributed by atoms with Crippen LogP contribution in [0.25, 0.3) is 6.08 Å². The van der Waals surface area contributed by atoms with E-state index in [2.05, 4.69) is 4.74 Å². The van der Waals surface area contributed by atoms with E-state index in [-0.39, 0.29) is 50.2 Å². The molecule has 1 aliphatic rings. The van der Waals surface area contributed by atoms with Crippen molar-refractivity contribution in [3.8, 4) is 11.5 Å². The molecule has 0 radical (unpaired) electrons. The van der Waals surface area contributed by atoms with Gasteiger partial charge in [-0.2, -0.15) is 25.8 Å². The van der Waals surface area contributed by atoms with Gasteiger partial charge in [-0.05, 0) is 30.7 Å². The normalized spacial score (nSPS) is 16.0. The predicted molar refractivity (Wildman–Crippen MR) is 104 cm³/mol. The van der Waals surface area contributed by atoms with Crippen LogP contribution in [0.2, 0.25) is 0 Å². The van der Waals surface area contributed by atoms with Crippen LogP contribution in [0.1, 0.15) is 12.5 Å². The molecule has 0 saturated carbocycles. The van der Waals surface area contributed by atoms with Gasteiger partial charge in [-0.1, -0.05) is 6.07 Å². The molecule has 1 aliphatic heterocycles. The van der Waals surface area contributed by atoms with Gasteiger partial charge < -0.3 is 14.4 Å². The van der Waals surface area contributed by atoms with E-state index in [9.17, 15) is 22.0 Å². The average molecular weight is 433 g/mol. The summed E-state index contributed by atoms with van der Waals surface area (Å²) >= 11 is 0. The van der Waals surface area contributed by atoms with Gasteiger partial charge in [-0.25, -0.2) is 0 Å². The molecule has 0 aromatic heterocycles. The highest BCUT2D eigenvalue weighted by atomic mass is 32.2. The number of alkyl halides is 2. The van der Waals surface area contributed by atoms with Crippen molar-refractivity contribution < 1.29 is 31.5 Å². The molecule has 0 unspecified atom stereocenters. The number of hydrogen-bond acceptors (Lipinski definition) is 5. The van der Waals surface area contributed by atoms with Crippen molar-refractivity contribution in [2.75, 3.05) is 46.9 Å². The van der Waals surface area contributed by atoms with E-state index in [1.54, 1.807) is 17.9 Å². The van der Waals surface area contributed by atoms with E-state index < -0.39 is 16.8 Å². The highest BCUT2D eigenvalue weighted by molar-refractivity contribution is 7.86. The maximum absolute atomic E-state index is 12.5. The van der Waals surface area contributed by atoms with Crippen molar-refractivity contribution >= 4 is 22.2 Å². The van der Waals surface area contributed by atoms with Gasteiger partial charge in [0, 0.05) is 46.4 Å². The Morgan fingerprint density at radius 3 is 2.41 bits per heavy atom. The van der Waals surface area contributed by atoms with Crippen molar-refractivity contribution in [1.29, 1.82) is 0 Å². The van der Waals surface area contributed by atoms with Gasteiger partial charge >= 0.3 is 6.61 Å². The monoisotopic (exact) mass is 433 g/mol. The summed E-state index contributed by atoms with van der Waals surface area (Å²) in [6, 6.07) is 4.39. The maximum atomic E-state index is 12.5. The molecule has 2 rings (SSSR count). The molecule has 0 bridgehead atoms. The summed E-state index contributed by atoms with van der Waals surface area (Å²) < 4.78 is 61.4. The SMILES string of the molecule is CCOc1cc(C=CC(=O)N2CCN(S(=O)(=O)N(C)C)CC2)ccc1OC(F)F. The zero-order valence-corrected chi connectivity index (χ0v) is 17.4. The van der Waals surface area contributed by atoms with Crippen molar-refractivity contribution in [2.45, 2.75) is 13.5 Å². The summed E-state index contributed by atoms with van der Waals surface area (Å²) in [5.74, 6) is -0.189. The molecule has 0 spiro atoms. The molecule has 0 aliphatic carbocycles. The molecule has 1 amide bonds. The third-order valence-electron chi connectivity index (χ3n) is 4.24. The van der Waals surface area contributed by atoms with E-state index in [1.165, 1.54) is 42.7 Å². The molecule has 0 N–H and O–H groups in total. The Bertz CT molecular complexity index is 838. The smallest absolute Gasteiger partial charge is 0.387 e. The summed E-state index contributed by atoms with van der Waals surface area (Å²) in [5.41, 5.74) is 0.581. The molecule has 1 heterocycles. The molecule has 8 nitrogen and oxygen atoms in total. The highest BCUT2D eigenvalue weighted by Gasteiger charge is 2.29. The Kier molecular flexibility index (Phi) is 7.94. The Labute approximate surface area is 169 Å². The maximum Gasteiger partial charge on any atom is 0.387 e. The summed E-state index contributed by atoms with van der Waals surface area (Å²) in [5, 5.41) is 0. The second-order valence-electron chi connectivity index (χ2n) is 6.37. The molecule has 1 fully saturated rings. The summed E-state index contributed by atoms with van der Waals surface area (Å²) in [7, 11) is -0.572. The van der Waals surface area contributed by atoms with Gasteiger partial charge in [0.25, 0.3) is 10.2 Å². The molecule has 162 valence electrons. The molecular formula is C18H25F2N3O5S. The number of hydrogen-bond donors (Lipinski definition) is 0. The largest absolute Gasteiger partial charge is 0.490 e. The van der Waals surface area contributed by atoms with Crippen LogP contribution in [-0.2, 0) is 15.0 Å². The van der Waals surface area contributed by atoms with E-state index in [4.69, 9.17) is 4.74 Å². The van der Waals surface area contributed by atoms with Crippen LogP contribution in [0.3, 0.4) is 0 Å². The minimum atomic E-state index is -3.50. The van der Waals surface area contributed by atoms with Crippen LogP contribution in [0.4, 0.5) is 8.78 Å². The van der Waals surface area contributed by atoms with Gasteiger partial charge in [-0.3, -0.25) is 4.79 Å². The number of carbonyl (C=O) groups is 1. The van der Waals surface area contributed by atoms with Crippen molar-refractivity contribution in [3.63, 3.8) is 0 Å². The predicted octanol–water partition coefficient (Wildman–Crippen LogP) is 1.65. The van der Waals surface area contributed by atoms with E-state index in [0.717, 1.165) is 4.31 Å². The van der Waals surface area contributed by atoms with Crippen molar-refractivity contribution in [2.24, 2.45) is 0 Å². The van der Waals surface area contributed by atoms with Crippen molar-refractivity contribution in [3.05, 3.63) is 29.8 Å². The average Bonchev–Trinajstić information content (AvgIpc) is 2.67. The van der Waals surface area contributed by atoms with E-state index in [1.807, 2.05) is 0 Å². The molecule has 29 heavy (non-hydrogen) atoms. The molecule has 1 aromatic rings. The Hall–Kier alpha value is -2.24. The third-order valence-corrected chi connectivity index (χ3v) is 6.18. The number of halogens is 2. The van der Waals surface area contributed by atoms with E-state index >= 15 is 0 Å². The van der Waals surface area contributed by atoms with Gasteiger partial charge in [0.2, 0.25) is 5.91 Å². The lowest BCUT2D eigenvalue weighted by Gasteiger charge is -2.34. The fourth-order valence-corrected chi connectivity index (χ4v) is 3.82. The summed E-state index contributed by atoms with van der Waals surface area (Å²) in [6.45, 7) is 0.0124. The highest BCUT2D eigenvalue weighted by Crippen LogP contribution is 2.30. The number of amides is 1. The number of carbonyl (C=O) groups excluding carboxylic acids is 1. The first kappa shape index (κ1) is 23.0. The lowest BCUT2D eigenvalue weighted by molar-refractivity contribution is -0.127. The van der Waals surface area contributed by atoms with Crippen LogP contribution in [0.15, 0.2) is 24.3 Å². The molecule has 11 heteroatoms. The van der Waals surface area contributed by atoms with Gasteiger partial charge in [-0.15, -0.1) is 0 Å². The number of nitrogens with zero attached hydrogens (tertiary/aromatic N) is 3. The third kappa shape index (κ3) is 6.12. The Morgan fingerprint density at radius 2 is 1.86 bits per heavy atom.